The minimum atomic E-state index is -0.898. The molecule has 1 fully saturated rings. The van der Waals surface area contributed by atoms with E-state index >= 15 is 0 Å². The number of anilines is 1. The fourth-order valence-electron chi connectivity index (χ4n) is 4.70. The third kappa shape index (κ3) is 4.74. The molecular formula is C29H22BrN5O3S2. The predicted octanol–water partition coefficient (Wildman–Crippen LogP) is 6.48. The van der Waals surface area contributed by atoms with E-state index in [9.17, 15) is 14.7 Å². The molecule has 11 heteroatoms. The fraction of sp³-hybridized carbons (Fsp3) is 0.138. The average Bonchev–Trinajstić information content (AvgIpc) is 3.62. The summed E-state index contributed by atoms with van der Waals surface area (Å²) in [6.07, 6.45) is 1.76. The first-order valence-electron chi connectivity index (χ1n) is 12.3. The molecule has 1 N–H and O–H groups in total. The summed E-state index contributed by atoms with van der Waals surface area (Å²) in [6.45, 7) is 3.80. The van der Waals surface area contributed by atoms with Gasteiger partial charge in [-0.2, -0.15) is 0 Å². The van der Waals surface area contributed by atoms with Crippen LogP contribution in [0.1, 0.15) is 34.1 Å². The average molecular weight is 633 g/mol. The summed E-state index contributed by atoms with van der Waals surface area (Å²) in [5, 5.41) is 20.5. The van der Waals surface area contributed by atoms with Crippen molar-refractivity contribution < 1.29 is 14.7 Å². The van der Waals surface area contributed by atoms with Crippen molar-refractivity contribution in [2.24, 2.45) is 0 Å². The molecule has 1 atom stereocenters. The maximum absolute atomic E-state index is 13.6. The molecule has 0 saturated carbocycles. The molecule has 1 unspecified atom stereocenters. The monoisotopic (exact) mass is 631 g/mol. The second-order valence-corrected chi connectivity index (χ2v) is 12.4. The zero-order valence-electron chi connectivity index (χ0n) is 21.4. The van der Waals surface area contributed by atoms with E-state index < -0.39 is 17.7 Å². The van der Waals surface area contributed by atoms with Gasteiger partial charge in [0.2, 0.25) is 5.13 Å². The summed E-state index contributed by atoms with van der Waals surface area (Å²) < 4.78 is 3.22. The third-order valence-corrected chi connectivity index (χ3v) is 9.30. The quantitative estimate of drug-likeness (QED) is 0.0752. The lowest BCUT2D eigenvalue weighted by molar-refractivity contribution is -0.132. The Bertz CT molecular complexity index is 1790. The van der Waals surface area contributed by atoms with Crippen molar-refractivity contribution in [1.82, 2.24) is 19.6 Å². The Morgan fingerprint density at radius 3 is 2.52 bits per heavy atom. The molecule has 2 aromatic carbocycles. The van der Waals surface area contributed by atoms with Crippen LogP contribution in [-0.2, 0) is 15.3 Å². The lowest BCUT2D eigenvalue weighted by Gasteiger charge is -2.22. The maximum atomic E-state index is 13.6. The lowest BCUT2D eigenvalue weighted by Crippen LogP contribution is -2.29. The number of Topliss-reactive ketones (excluding diaryl/α,β-unsaturated/α-hetero) is 1. The van der Waals surface area contributed by atoms with Gasteiger partial charge in [-0.1, -0.05) is 87.1 Å². The molecule has 3 aromatic heterocycles. The largest absolute Gasteiger partial charge is 0.505 e. The van der Waals surface area contributed by atoms with Crippen LogP contribution in [0.15, 0.2) is 87.3 Å². The number of rotatable bonds is 6. The van der Waals surface area contributed by atoms with E-state index in [1.807, 2.05) is 49.4 Å². The van der Waals surface area contributed by atoms with Gasteiger partial charge in [-0.3, -0.25) is 18.9 Å². The van der Waals surface area contributed by atoms with Crippen molar-refractivity contribution >= 4 is 67.3 Å². The van der Waals surface area contributed by atoms with E-state index in [-0.39, 0.29) is 16.5 Å². The molecule has 8 nitrogen and oxygen atoms in total. The highest BCUT2D eigenvalue weighted by Gasteiger charge is 2.48. The van der Waals surface area contributed by atoms with E-state index in [1.54, 1.807) is 17.5 Å². The highest BCUT2D eigenvalue weighted by atomic mass is 79.9. The molecular weight excluding hydrogens is 610 g/mol. The Morgan fingerprint density at radius 2 is 1.77 bits per heavy atom. The van der Waals surface area contributed by atoms with Crippen molar-refractivity contribution in [3.63, 3.8) is 0 Å². The summed E-state index contributed by atoms with van der Waals surface area (Å²) in [6, 6.07) is 20.1. The van der Waals surface area contributed by atoms with Crippen LogP contribution in [0.4, 0.5) is 5.13 Å². The summed E-state index contributed by atoms with van der Waals surface area (Å²) in [7, 11) is 0. The Balaban J connectivity index is 1.43. The van der Waals surface area contributed by atoms with Crippen LogP contribution in [0, 0.1) is 13.8 Å². The minimum Gasteiger partial charge on any atom is -0.505 e. The molecule has 1 aliphatic rings. The number of benzene rings is 2. The van der Waals surface area contributed by atoms with Gasteiger partial charge < -0.3 is 5.11 Å². The van der Waals surface area contributed by atoms with E-state index in [0.29, 0.717) is 32.7 Å². The lowest BCUT2D eigenvalue weighted by atomic mass is 9.96. The van der Waals surface area contributed by atoms with Crippen molar-refractivity contribution in [3.05, 3.63) is 111 Å². The number of aliphatic hydroxyl groups excluding tert-OH is 1. The molecule has 4 heterocycles. The number of imidazole rings is 1. The van der Waals surface area contributed by atoms with Crippen LogP contribution in [0.3, 0.4) is 0 Å². The van der Waals surface area contributed by atoms with Crippen LogP contribution in [0.2, 0.25) is 0 Å². The Labute approximate surface area is 246 Å². The number of fused-ring (bicyclic) bond motifs is 1. The smallest absolute Gasteiger partial charge is 0.301 e. The number of pyridine rings is 1. The number of amides is 1. The van der Waals surface area contributed by atoms with Crippen LogP contribution in [-0.4, -0.2) is 36.4 Å². The highest BCUT2D eigenvalue weighted by molar-refractivity contribution is 9.10. The number of aliphatic hydroxyl groups is 1. The minimum absolute atomic E-state index is 0.0230. The maximum Gasteiger partial charge on any atom is 0.301 e. The van der Waals surface area contributed by atoms with Crippen molar-refractivity contribution in [1.29, 1.82) is 0 Å². The zero-order chi connectivity index (χ0) is 28.0. The topological polar surface area (TPSA) is 101 Å². The standard InChI is InChI=1S/C29H22BrN5O3S2/c1-16-6-8-18(9-7-16)15-39-29-33-32-28(40-29)35-24(19-10-12-20(30)13-11-19)22(26(37)27(35)38)25(36)23-17(2)31-21-5-3-4-14-34(21)23/h3-14,24,36H,15H2,1-2H3. The van der Waals surface area contributed by atoms with E-state index in [1.165, 1.54) is 33.6 Å². The summed E-state index contributed by atoms with van der Waals surface area (Å²) in [4.78, 5) is 33.0. The SMILES string of the molecule is Cc1ccc(CSc2nnc(N3C(=O)C(=O)C(=C(O)c4c(C)nc5ccccn45)C3c3ccc(Br)cc3)s2)cc1. The van der Waals surface area contributed by atoms with Crippen molar-refractivity contribution in [2.75, 3.05) is 4.90 Å². The molecule has 1 amide bonds. The van der Waals surface area contributed by atoms with Gasteiger partial charge in [-0.05, 0) is 49.2 Å². The van der Waals surface area contributed by atoms with E-state index in [2.05, 4.69) is 55.4 Å². The van der Waals surface area contributed by atoms with Gasteiger partial charge >= 0.3 is 5.91 Å². The Hall–Kier alpha value is -3.80. The number of nitrogens with zero attached hydrogens (tertiary/aromatic N) is 5. The molecule has 0 radical (unpaired) electrons. The number of halogens is 1. The molecule has 6 rings (SSSR count). The molecule has 0 aliphatic carbocycles. The van der Waals surface area contributed by atoms with Gasteiger partial charge in [0.1, 0.15) is 11.3 Å². The number of hydrogen-bond acceptors (Lipinski definition) is 8. The van der Waals surface area contributed by atoms with Crippen LogP contribution < -0.4 is 4.90 Å². The van der Waals surface area contributed by atoms with Crippen molar-refractivity contribution in [3.8, 4) is 0 Å². The molecule has 200 valence electrons. The van der Waals surface area contributed by atoms with Gasteiger partial charge in [0.05, 0.1) is 17.3 Å². The number of aromatic nitrogens is 4. The fourth-order valence-corrected chi connectivity index (χ4v) is 6.79. The first kappa shape index (κ1) is 26.4. The third-order valence-electron chi connectivity index (χ3n) is 6.64. The number of thioether (sulfide) groups is 1. The second kappa shape index (κ2) is 10.6. The van der Waals surface area contributed by atoms with Gasteiger partial charge in [0, 0.05) is 16.4 Å². The first-order valence-corrected chi connectivity index (χ1v) is 14.9. The zero-order valence-corrected chi connectivity index (χ0v) is 24.6. The Morgan fingerprint density at radius 1 is 1.02 bits per heavy atom. The van der Waals surface area contributed by atoms with Crippen molar-refractivity contribution in [2.45, 2.75) is 30.0 Å². The molecule has 5 aromatic rings. The van der Waals surface area contributed by atoms with Crippen LogP contribution in [0.5, 0.6) is 0 Å². The summed E-state index contributed by atoms with van der Waals surface area (Å²) in [5.74, 6) is -1.16. The molecule has 1 aliphatic heterocycles. The van der Waals surface area contributed by atoms with Gasteiger partial charge in [-0.15, -0.1) is 10.2 Å². The Kier molecular flexibility index (Phi) is 7.03. The second-order valence-electron chi connectivity index (χ2n) is 9.32. The predicted molar refractivity (Wildman–Crippen MR) is 160 cm³/mol. The van der Waals surface area contributed by atoms with E-state index in [4.69, 9.17) is 0 Å². The molecule has 0 bridgehead atoms. The van der Waals surface area contributed by atoms with Gasteiger partial charge in [0.15, 0.2) is 10.1 Å². The van der Waals surface area contributed by atoms with Crippen LogP contribution >= 0.6 is 39.0 Å². The molecule has 40 heavy (non-hydrogen) atoms. The number of ketones is 1. The van der Waals surface area contributed by atoms with Gasteiger partial charge in [0.25, 0.3) is 5.78 Å². The molecule has 0 spiro atoms. The highest BCUT2D eigenvalue weighted by Crippen LogP contribution is 2.44. The number of carbonyl (C=O) groups excluding carboxylic acids is 2. The normalized spacial score (nSPS) is 16.8. The van der Waals surface area contributed by atoms with E-state index in [0.717, 1.165) is 10.0 Å². The number of hydrogen-bond donors (Lipinski definition) is 1. The molecule has 1 saturated heterocycles. The van der Waals surface area contributed by atoms with Gasteiger partial charge in [-0.25, -0.2) is 4.98 Å². The summed E-state index contributed by atoms with van der Waals surface area (Å²) >= 11 is 6.20. The summed E-state index contributed by atoms with van der Waals surface area (Å²) in [5.41, 5.74) is 4.48. The number of carbonyl (C=O) groups is 2. The van der Waals surface area contributed by atoms with Crippen LogP contribution in [0.25, 0.3) is 11.4 Å². The number of aryl methyl sites for hydroxylation is 2. The first-order chi connectivity index (χ1) is 19.3.